The van der Waals surface area contributed by atoms with Gasteiger partial charge in [0.25, 0.3) is 0 Å². The predicted octanol–water partition coefficient (Wildman–Crippen LogP) is 5.01. The Kier molecular flexibility index (Phi) is 6.57. The molecule has 1 saturated carbocycles. The molecule has 3 fully saturated rings. The maximum absolute atomic E-state index is 12.4. The van der Waals surface area contributed by atoms with Gasteiger partial charge < -0.3 is 19.4 Å². The molecule has 1 aliphatic carbocycles. The molecule has 3 aliphatic rings. The van der Waals surface area contributed by atoms with E-state index in [4.69, 9.17) is 4.74 Å². The molecule has 0 unspecified atom stereocenters. The summed E-state index contributed by atoms with van der Waals surface area (Å²) in [4.78, 5) is 19.2. The van der Waals surface area contributed by atoms with Gasteiger partial charge in [-0.15, -0.1) is 0 Å². The molecule has 7 heteroatoms. The first kappa shape index (κ1) is 23.3. The van der Waals surface area contributed by atoms with Gasteiger partial charge in [-0.3, -0.25) is 0 Å². The highest BCUT2D eigenvalue weighted by atomic mass is 16.6. The number of hydrogen-bond donors (Lipinski definition) is 0. The van der Waals surface area contributed by atoms with Crippen molar-refractivity contribution in [3.8, 4) is 11.1 Å². The van der Waals surface area contributed by atoms with E-state index in [0.717, 1.165) is 38.0 Å². The van der Waals surface area contributed by atoms with Gasteiger partial charge in [0.2, 0.25) is 0 Å². The van der Waals surface area contributed by atoms with Crippen LogP contribution in [-0.2, 0) is 4.74 Å². The van der Waals surface area contributed by atoms with Crippen molar-refractivity contribution in [2.45, 2.75) is 51.0 Å². The second-order valence-corrected chi connectivity index (χ2v) is 10.5. The quantitative estimate of drug-likeness (QED) is 0.506. The van der Waals surface area contributed by atoms with Gasteiger partial charge in [0.05, 0.1) is 11.2 Å². The standard InChI is InChI=1S/C29H37N5O2/c1-2-31-14-11-24(12-15-31)22-6-8-23(9-7-22)25-20-28-27(10-13-30-34(28)21-25)32-16-18-33(19-17-32)29(35)36-26-4-3-5-26/h6-10,13,20-21,24,26H,2-5,11-12,14-19H2,1H3. The lowest BCUT2D eigenvalue weighted by Crippen LogP contribution is -2.50. The maximum Gasteiger partial charge on any atom is 0.410 e. The Hall–Kier alpha value is -3.06. The fourth-order valence-corrected chi connectivity index (χ4v) is 5.79. The van der Waals surface area contributed by atoms with Crippen molar-refractivity contribution in [1.82, 2.24) is 19.4 Å². The number of amides is 1. The van der Waals surface area contributed by atoms with Crippen molar-refractivity contribution in [3.05, 3.63) is 54.4 Å². The van der Waals surface area contributed by atoms with Crippen molar-refractivity contribution in [2.24, 2.45) is 0 Å². The molecule has 3 aromatic rings. The third kappa shape index (κ3) is 4.69. The molecular formula is C29H37N5O2. The molecule has 2 aromatic heterocycles. The number of likely N-dealkylation sites (tertiary alicyclic amines) is 1. The van der Waals surface area contributed by atoms with E-state index in [1.165, 1.54) is 54.7 Å². The molecule has 0 atom stereocenters. The highest BCUT2D eigenvalue weighted by Gasteiger charge is 2.28. The number of ether oxygens (including phenoxy) is 1. The molecule has 0 spiro atoms. The van der Waals surface area contributed by atoms with Crippen LogP contribution in [0.4, 0.5) is 10.5 Å². The number of aromatic nitrogens is 2. The average Bonchev–Trinajstić information content (AvgIpc) is 3.35. The van der Waals surface area contributed by atoms with Crippen LogP contribution in [-0.4, -0.2) is 77.4 Å². The third-order valence-corrected chi connectivity index (χ3v) is 8.43. The number of rotatable bonds is 5. The van der Waals surface area contributed by atoms with E-state index in [9.17, 15) is 4.79 Å². The van der Waals surface area contributed by atoms with Gasteiger partial charge in [-0.1, -0.05) is 31.2 Å². The van der Waals surface area contributed by atoms with Crippen LogP contribution in [0, 0.1) is 0 Å². The number of hydrogen-bond acceptors (Lipinski definition) is 5. The van der Waals surface area contributed by atoms with E-state index < -0.39 is 0 Å². The number of piperidine rings is 1. The van der Waals surface area contributed by atoms with Crippen LogP contribution in [0.25, 0.3) is 16.6 Å². The Morgan fingerprint density at radius 2 is 1.69 bits per heavy atom. The first-order valence-electron chi connectivity index (χ1n) is 13.7. The summed E-state index contributed by atoms with van der Waals surface area (Å²) in [6, 6.07) is 13.5. The topological polar surface area (TPSA) is 53.3 Å². The second kappa shape index (κ2) is 10.1. The summed E-state index contributed by atoms with van der Waals surface area (Å²) in [6.45, 7) is 8.79. The Balaban J connectivity index is 1.14. The molecule has 36 heavy (non-hydrogen) atoms. The summed E-state index contributed by atoms with van der Waals surface area (Å²) in [5.41, 5.74) is 6.15. The van der Waals surface area contributed by atoms with Crippen LogP contribution in [0.15, 0.2) is 48.8 Å². The Labute approximate surface area is 213 Å². The third-order valence-electron chi connectivity index (χ3n) is 8.43. The Morgan fingerprint density at radius 3 is 2.36 bits per heavy atom. The number of anilines is 1. The summed E-state index contributed by atoms with van der Waals surface area (Å²) in [5.74, 6) is 0.674. The van der Waals surface area contributed by atoms with Gasteiger partial charge in [0, 0.05) is 44.1 Å². The van der Waals surface area contributed by atoms with Gasteiger partial charge in [-0.25, -0.2) is 9.31 Å². The van der Waals surface area contributed by atoms with Gasteiger partial charge >= 0.3 is 6.09 Å². The van der Waals surface area contributed by atoms with E-state index in [2.05, 4.69) is 64.4 Å². The molecule has 2 saturated heterocycles. The van der Waals surface area contributed by atoms with E-state index >= 15 is 0 Å². The first-order valence-corrected chi connectivity index (χ1v) is 13.7. The Bertz CT molecular complexity index is 1190. The molecule has 4 heterocycles. The normalized spacial score (nSPS) is 20.0. The SMILES string of the molecule is CCN1CCC(c2ccc(-c3cc4c(N5CCN(C(=O)OC6CCC6)CC5)ccnn4c3)cc2)CC1. The summed E-state index contributed by atoms with van der Waals surface area (Å²) < 4.78 is 7.58. The zero-order valence-electron chi connectivity index (χ0n) is 21.3. The molecule has 7 nitrogen and oxygen atoms in total. The van der Waals surface area contributed by atoms with Crippen LogP contribution in [0.1, 0.15) is 50.5 Å². The van der Waals surface area contributed by atoms with Crippen LogP contribution in [0.5, 0.6) is 0 Å². The van der Waals surface area contributed by atoms with Gasteiger partial charge in [-0.2, -0.15) is 5.10 Å². The van der Waals surface area contributed by atoms with Crippen LogP contribution < -0.4 is 4.90 Å². The fourth-order valence-electron chi connectivity index (χ4n) is 5.79. The number of piperazine rings is 1. The zero-order valence-corrected chi connectivity index (χ0v) is 21.3. The number of carbonyl (C=O) groups is 1. The summed E-state index contributed by atoms with van der Waals surface area (Å²) >= 11 is 0. The van der Waals surface area contributed by atoms with Crippen molar-refractivity contribution in [1.29, 1.82) is 0 Å². The summed E-state index contributed by atoms with van der Waals surface area (Å²) in [5, 5.41) is 4.58. The monoisotopic (exact) mass is 487 g/mol. The minimum absolute atomic E-state index is 0.137. The van der Waals surface area contributed by atoms with E-state index in [1.54, 1.807) is 0 Å². The van der Waals surface area contributed by atoms with Crippen LogP contribution in [0.3, 0.4) is 0 Å². The number of carbonyl (C=O) groups excluding carboxylic acids is 1. The van der Waals surface area contributed by atoms with Crippen LogP contribution in [0.2, 0.25) is 0 Å². The second-order valence-electron chi connectivity index (χ2n) is 10.5. The van der Waals surface area contributed by atoms with E-state index in [1.807, 2.05) is 15.6 Å². The smallest absolute Gasteiger partial charge is 0.410 e. The highest BCUT2D eigenvalue weighted by Crippen LogP contribution is 2.32. The van der Waals surface area contributed by atoms with Gasteiger partial charge in [0.15, 0.2) is 0 Å². The molecule has 6 rings (SSSR count). The van der Waals surface area contributed by atoms with Crippen LogP contribution >= 0.6 is 0 Å². The summed E-state index contributed by atoms with van der Waals surface area (Å²) in [6.07, 6.45) is 9.68. The molecule has 1 aromatic carbocycles. The highest BCUT2D eigenvalue weighted by molar-refractivity contribution is 5.80. The lowest BCUT2D eigenvalue weighted by molar-refractivity contribution is 0.0260. The number of nitrogens with zero attached hydrogens (tertiary/aromatic N) is 5. The van der Waals surface area contributed by atoms with Crippen molar-refractivity contribution in [2.75, 3.05) is 50.7 Å². The first-order chi connectivity index (χ1) is 17.7. The molecule has 190 valence electrons. The largest absolute Gasteiger partial charge is 0.446 e. The molecule has 2 aliphatic heterocycles. The van der Waals surface area contributed by atoms with Crippen molar-refractivity contribution < 1.29 is 9.53 Å². The fraction of sp³-hybridized carbons (Fsp3) is 0.517. The van der Waals surface area contributed by atoms with E-state index in [-0.39, 0.29) is 12.2 Å². The summed E-state index contributed by atoms with van der Waals surface area (Å²) in [7, 11) is 0. The number of benzene rings is 1. The molecule has 1 amide bonds. The lowest BCUT2D eigenvalue weighted by Gasteiger charge is -2.37. The van der Waals surface area contributed by atoms with Gasteiger partial charge in [0.1, 0.15) is 6.10 Å². The Morgan fingerprint density at radius 1 is 0.944 bits per heavy atom. The molecule has 0 radical (unpaired) electrons. The van der Waals surface area contributed by atoms with Gasteiger partial charge in [-0.05, 0) is 80.9 Å². The minimum Gasteiger partial charge on any atom is -0.446 e. The predicted molar refractivity (Wildman–Crippen MR) is 143 cm³/mol. The molecular weight excluding hydrogens is 450 g/mol. The lowest BCUT2D eigenvalue weighted by atomic mass is 9.88. The number of fused-ring (bicyclic) bond motifs is 1. The average molecular weight is 488 g/mol. The zero-order chi connectivity index (χ0) is 24.5. The maximum atomic E-state index is 12.4. The van der Waals surface area contributed by atoms with Crippen molar-refractivity contribution in [3.63, 3.8) is 0 Å². The van der Waals surface area contributed by atoms with Crippen molar-refractivity contribution >= 4 is 17.3 Å². The minimum atomic E-state index is -0.149. The molecule has 0 N–H and O–H groups in total. The molecule has 0 bridgehead atoms. The van der Waals surface area contributed by atoms with E-state index in [0.29, 0.717) is 19.0 Å².